The van der Waals surface area contributed by atoms with Gasteiger partial charge in [-0.2, -0.15) is 0 Å². The molecular weight excluding hydrogens is 815 g/mol. The Kier molecular flexibility index (Phi) is 11.9. The van der Waals surface area contributed by atoms with Crippen LogP contribution in [0.2, 0.25) is 0 Å². The molecule has 1 saturated carbocycles. The molecule has 5 N–H and O–H groups in total. The summed E-state index contributed by atoms with van der Waals surface area (Å²) in [5.41, 5.74) is 7.87. The molecule has 4 aliphatic rings. The number of amides is 4. The fourth-order valence-electron chi connectivity index (χ4n) is 10.4. The zero-order valence-electron chi connectivity index (χ0n) is 37.5. The van der Waals surface area contributed by atoms with Crippen LogP contribution in [-0.2, 0) is 19.1 Å². The number of imidazole rings is 2. The van der Waals surface area contributed by atoms with Gasteiger partial charge in [0.25, 0.3) is 0 Å². The van der Waals surface area contributed by atoms with Crippen molar-refractivity contribution >= 4 is 34.9 Å². The zero-order valence-corrected chi connectivity index (χ0v) is 37.5. The van der Waals surface area contributed by atoms with E-state index in [1.165, 1.54) is 32.6 Å². The normalized spacial score (nSPS) is 20.6. The number of hydrogen-bond donors (Lipinski definition) is 5. The molecule has 338 valence electrons. The summed E-state index contributed by atoms with van der Waals surface area (Å²) in [7, 11) is 2.59. The van der Waals surface area contributed by atoms with Crippen LogP contribution in [0.25, 0.3) is 44.7 Å². The van der Waals surface area contributed by atoms with Crippen molar-refractivity contribution < 1.29 is 33.4 Å². The Morgan fingerprint density at radius 3 is 1.77 bits per heavy atom. The molecule has 0 spiro atoms. The summed E-state index contributed by atoms with van der Waals surface area (Å²) in [4.78, 5) is 75.9. The maximum atomic E-state index is 13.8. The van der Waals surface area contributed by atoms with Gasteiger partial charge in [-0.25, -0.2) is 19.6 Å². The Bertz CT molecular complexity index is 2550. The van der Waals surface area contributed by atoms with E-state index in [1.54, 1.807) is 0 Å². The van der Waals surface area contributed by atoms with Gasteiger partial charge in [0.1, 0.15) is 35.6 Å². The number of alkyl carbamates (subject to hydrolysis) is 2. The second-order valence-corrected chi connectivity index (χ2v) is 18.4. The van der Waals surface area contributed by atoms with Gasteiger partial charge in [0.05, 0.1) is 55.8 Å². The van der Waals surface area contributed by atoms with Crippen LogP contribution in [0.3, 0.4) is 0 Å². The maximum absolute atomic E-state index is 13.8. The van der Waals surface area contributed by atoms with Gasteiger partial charge < -0.3 is 49.6 Å². The third kappa shape index (κ3) is 7.95. The number of ether oxygens (including phenoxy) is 3. The van der Waals surface area contributed by atoms with Gasteiger partial charge in [0.2, 0.25) is 11.8 Å². The molecule has 2 saturated heterocycles. The highest BCUT2D eigenvalue weighted by atomic mass is 16.5. The highest BCUT2D eigenvalue weighted by Crippen LogP contribution is 2.52. The standard InChI is InChI=1S/C48H59N9O7/c1-25(2)39(54-47(60)62-5)45(58)56-19-9-13-35(56)43-49-23-33(52-43)28-16-18-32-31(21-28)38-41(51-32)30-17-15-29(22-37(30)64-42(38)27-11-7-8-12-27)34-24-50-44(53-34)36-14-10-20-57(36)46(59)40(26(3)4)55-48(61)63-6/h15-18,21-27,35-36,39-40,42,51H,7-14,19-20H2,1-6H3,(H,49,52)(H,50,53)(H,54,60)(H,55,61)/t35-,36-,39?,40?,42?/m0/s1. The Labute approximate surface area is 372 Å². The average molecular weight is 874 g/mol. The number of H-pyrrole nitrogens is 3. The third-order valence-corrected chi connectivity index (χ3v) is 13.8. The van der Waals surface area contributed by atoms with Gasteiger partial charge in [-0.05, 0) is 74.6 Å². The van der Waals surface area contributed by atoms with Crippen LogP contribution in [0.4, 0.5) is 9.59 Å². The molecular formula is C48H59N9O7. The Morgan fingerprint density at radius 2 is 1.23 bits per heavy atom. The zero-order chi connectivity index (χ0) is 44.8. The number of hydrogen-bond acceptors (Lipinski definition) is 9. The number of rotatable bonds is 11. The number of aromatic amines is 3. The lowest BCUT2D eigenvalue weighted by atomic mass is 9.87. The fraction of sp³-hybridized carbons (Fsp3) is 0.500. The molecule has 3 unspecified atom stereocenters. The molecule has 3 aromatic heterocycles. The van der Waals surface area contributed by atoms with Crippen LogP contribution in [0.1, 0.15) is 114 Å². The summed E-state index contributed by atoms with van der Waals surface area (Å²) < 4.78 is 16.7. The second kappa shape index (κ2) is 17.7. The lowest BCUT2D eigenvalue weighted by Crippen LogP contribution is -2.51. The van der Waals surface area contributed by atoms with Crippen LogP contribution in [0.5, 0.6) is 5.75 Å². The number of carbonyl (C=O) groups is 4. The second-order valence-electron chi connectivity index (χ2n) is 18.4. The Morgan fingerprint density at radius 1 is 0.703 bits per heavy atom. The van der Waals surface area contributed by atoms with E-state index in [-0.39, 0.29) is 41.8 Å². The lowest BCUT2D eigenvalue weighted by Gasteiger charge is -2.31. The largest absolute Gasteiger partial charge is 0.485 e. The first-order valence-electron chi connectivity index (χ1n) is 22.8. The highest BCUT2D eigenvalue weighted by Gasteiger charge is 2.40. The molecule has 64 heavy (non-hydrogen) atoms. The predicted molar refractivity (Wildman–Crippen MR) is 240 cm³/mol. The van der Waals surface area contributed by atoms with Crippen LogP contribution >= 0.6 is 0 Å². The summed E-state index contributed by atoms with van der Waals surface area (Å²) in [5.74, 6) is 2.08. The molecule has 16 heteroatoms. The summed E-state index contributed by atoms with van der Waals surface area (Å²) >= 11 is 0. The van der Waals surface area contributed by atoms with E-state index in [9.17, 15) is 19.2 Å². The van der Waals surface area contributed by atoms with E-state index in [4.69, 9.17) is 24.2 Å². The third-order valence-electron chi connectivity index (χ3n) is 13.8. The minimum Gasteiger partial charge on any atom is -0.485 e. The van der Waals surface area contributed by atoms with Crippen LogP contribution in [0, 0.1) is 17.8 Å². The lowest BCUT2D eigenvalue weighted by molar-refractivity contribution is -0.136. The molecule has 3 aliphatic heterocycles. The molecule has 6 heterocycles. The number of fused-ring (bicyclic) bond motifs is 5. The quantitative estimate of drug-likeness (QED) is 0.0866. The molecule has 9 rings (SSSR count). The maximum Gasteiger partial charge on any atom is 0.407 e. The molecule has 2 aromatic carbocycles. The minimum absolute atomic E-state index is 0.119. The van der Waals surface area contributed by atoms with Crippen molar-refractivity contribution in [1.82, 2.24) is 45.4 Å². The molecule has 1 aliphatic carbocycles. The van der Waals surface area contributed by atoms with E-state index in [1.807, 2.05) is 49.9 Å². The van der Waals surface area contributed by atoms with E-state index in [0.29, 0.717) is 24.8 Å². The SMILES string of the molecule is COC(=O)NC(C(=O)N1CCC[C@H]1c1ncc(-c2ccc3c(c2)OC(C2CCCC2)c2c-3[nH]c3ccc(-c4cnc([C@@H]5CCCN5C(=O)C(NC(=O)OC)C(C)C)[nH]4)cc23)[nH]1)C(C)C. The van der Waals surface area contributed by atoms with E-state index >= 15 is 0 Å². The van der Waals surface area contributed by atoms with Gasteiger partial charge in [-0.1, -0.05) is 52.7 Å². The summed E-state index contributed by atoms with van der Waals surface area (Å²) in [6.45, 7) is 8.80. The van der Waals surface area contributed by atoms with Gasteiger partial charge in [-0.3, -0.25) is 9.59 Å². The van der Waals surface area contributed by atoms with E-state index in [2.05, 4.69) is 62.0 Å². The number of aromatic nitrogens is 5. The van der Waals surface area contributed by atoms with E-state index < -0.39 is 24.3 Å². The van der Waals surface area contributed by atoms with Gasteiger partial charge in [0, 0.05) is 52.2 Å². The minimum atomic E-state index is -0.706. The first-order chi connectivity index (χ1) is 30.9. The van der Waals surface area contributed by atoms with Crippen molar-refractivity contribution in [3.63, 3.8) is 0 Å². The number of methoxy groups -OCH3 is 2. The van der Waals surface area contributed by atoms with E-state index in [0.717, 1.165) is 94.8 Å². The van der Waals surface area contributed by atoms with Crippen LogP contribution in [-0.4, -0.2) is 98.1 Å². The first-order valence-corrected chi connectivity index (χ1v) is 22.8. The molecule has 5 aromatic rings. The van der Waals surface area contributed by atoms with Crippen molar-refractivity contribution in [2.75, 3.05) is 27.3 Å². The summed E-state index contributed by atoms with van der Waals surface area (Å²) in [5, 5.41) is 6.56. The summed E-state index contributed by atoms with van der Waals surface area (Å²) in [6, 6.07) is 10.8. The van der Waals surface area contributed by atoms with Gasteiger partial charge in [-0.15, -0.1) is 0 Å². The number of carbonyl (C=O) groups excluding carboxylic acids is 4. The summed E-state index contributed by atoms with van der Waals surface area (Å²) in [6.07, 6.45) is 10.00. The highest BCUT2D eigenvalue weighted by molar-refractivity contribution is 5.96. The smallest absolute Gasteiger partial charge is 0.407 e. The van der Waals surface area contributed by atoms with Gasteiger partial charge in [0.15, 0.2) is 0 Å². The monoisotopic (exact) mass is 873 g/mol. The van der Waals surface area contributed by atoms with Crippen molar-refractivity contribution in [1.29, 1.82) is 0 Å². The molecule has 0 bridgehead atoms. The van der Waals surface area contributed by atoms with Crippen molar-refractivity contribution in [2.24, 2.45) is 17.8 Å². The number of nitrogens with one attached hydrogen (secondary N) is 5. The van der Waals surface area contributed by atoms with Crippen molar-refractivity contribution in [3.05, 3.63) is 66.0 Å². The van der Waals surface area contributed by atoms with Crippen LogP contribution in [0.15, 0.2) is 48.8 Å². The number of likely N-dealkylation sites (tertiary alicyclic amines) is 2. The van der Waals surface area contributed by atoms with Gasteiger partial charge >= 0.3 is 12.2 Å². The molecule has 5 atom stereocenters. The molecule has 4 amide bonds. The molecule has 3 fully saturated rings. The van der Waals surface area contributed by atoms with Crippen LogP contribution < -0.4 is 15.4 Å². The fourth-order valence-corrected chi connectivity index (χ4v) is 10.4. The Hall–Kier alpha value is -6.32. The first kappa shape index (κ1) is 43.0. The Balaban J connectivity index is 0.990. The average Bonchev–Trinajstić information content (AvgIpc) is 4.15. The number of benzene rings is 2. The number of nitrogens with zero attached hydrogens (tertiary/aromatic N) is 4. The van der Waals surface area contributed by atoms with Crippen molar-refractivity contribution in [3.8, 4) is 39.5 Å². The molecule has 16 nitrogen and oxygen atoms in total. The van der Waals surface area contributed by atoms with Crippen molar-refractivity contribution in [2.45, 2.75) is 109 Å². The molecule has 0 radical (unpaired) electrons. The predicted octanol–water partition coefficient (Wildman–Crippen LogP) is 8.33. The topological polar surface area (TPSA) is 200 Å².